The third-order valence-electron chi connectivity index (χ3n) is 4.64. The van der Waals surface area contributed by atoms with Gasteiger partial charge in [0.2, 0.25) is 5.91 Å². The monoisotopic (exact) mass is 351 g/mol. The van der Waals surface area contributed by atoms with E-state index >= 15 is 0 Å². The van der Waals surface area contributed by atoms with Crippen molar-refractivity contribution in [3.8, 4) is 0 Å². The van der Waals surface area contributed by atoms with Crippen molar-refractivity contribution in [3.63, 3.8) is 0 Å². The van der Waals surface area contributed by atoms with Gasteiger partial charge in [0, 0.05) is 24.4 Å². The highest BCUT2D eigenvalue weighted by Gasteiger charge is 2.38. The van der Waals surface area contributed by atoms with E-state index < -0.39 is 22.6 Å². The number of non-ortho nitro benzene ring substituents is 1. The average molecular weight is 351 g/mol. The number of anilines is 1. The number of hydrogen-bond donors (Lipinski definition) is 0. The van der Waals surface area contributed by atoms with Crippen molar-refractivity contribution in [2.24, 2.45) is 0 Å². The molecule has 0 unspecified atom stereocenters. The van der Waals surface area contributed by atoms with Crippen molar-refractivity contribution in [2.45, 2.75) is 6.42 Å². The first-order valence-electron chi connectivity index (χ1n) is 8.00. The fourth-order valence-corrected chi connectivity index (χ4v) is 3.36. The molecule has 0 radical (unpaired) electrons. The largest absolute Gasteiger partial charge is 0.310 e. The summed E-state index contributed by atoms with van der Waals surface area (Å²) in [4.78, 5) is 50.2. The molecule has 8 heteroatoms. The summed E-state index contributed by atoms with van der Waals surface area (Å²) in [5.74, 6) is -1.36. The number of nitro groups is 1. The molecule has 2 aromatic carbocycles. The summed E-state index contributed by atoms with van der Waals surface area (Å²) in [6.45, 7) is 0.00127. The second-order valence-electron chi connectivity index (χ2n) is 6.11. The lowest BCUT2D eigenvalue weighted by molar-refractivity contribution is -0.384. The molecule has 0 fully saturated rings. The van der Waals surface area contributed by atoms with Crippen LogP contribution in [0.15, 0.2) is 42.5 Å². The molecule has 0 N–H and O–H groups in total. The Labute approximate surface area is 147 Å². The Morgan fingerprint density at radius 1 is 1.08 bits per heavy atom. The Kier molecular flexibility index (Phi) is 3.54. The Morgan fingerprint density at radius 2 is 1.73 bits per heavy atom. The summed E-state index contributed by atoms with van der Waals surface area (Å²) >= 11 is 0. The number of nitro benzene ring substituents is 1. The number of carbonyl (C=O) groups excluding carboxylic acids is 3. The molecule has 4 rings (SSSR count). The molecular weight excluding hydrogens is 338 g/mol. The summed E-state index contributed by atoms with van der Waals surface area (Å²) in [6.07, 6.45) is 0.491. The number of fused-ring (bicyclic) bond motifs is 2. The maximum atomic E-state index is 12.7. The van der Waals surface area contributed by atoms with Crippen LogP contribution in [0.25, 0.3) is 0 Å². The minimum atomic E-state index is -0.484. The maximum absolute atomic E-state index is 12.7. The van der Waals surface area contributed by atoms with Crippen LogP contribution in [0.3, 0.4) is 0 Å². The number of rotatable bonds is 3. The molecule has 0 aliphatic carbocycles. The molecule has 0 spiro atoms. The molecule has 0 atom stereocenters. The van der Waals surface area contributed by atoms with E-state index in [1.165, 1.54) is 23.1 Å². The third-order valence-corrected chi connectivity index (χ3v) is 4.64. The van der Waals surface area contributed by atoms with Gasteiger partial charge in [-0.3, -0.25) is 29.4 Å². The molecule has 0 saturated heterocycles. The molecule has 8 nitrogen and oxygen atoms in total. The Morgan fingerprint density at radius 3 is 2.35 bits per heavy atom. The van der Waals surface area contributed by atoms with Crippen molar-refractivity contribution in [2.75, 3.05) is 18.0 Å². The zero-order chi connectivity index (χ0) is 18.4. The van der Waals surface area contributed by atoms with Crippen LogP contribution < -0.4 is 4.90 Å². The SMILES string of the molecule is O=C1c2ccccc2C(=O)N1CC(=O)N1CCc2cc([N+](=O)[O-])ccc21. The second-order valence-corrected chi connectivity index (χ2v) is 6.11. The smallest absolute Gasteiger partial charge is 0.269 e. The highest BCUT2D eigenvalue weighted by atomic mass is 16.6. The first kappa shape index (κ1) is 15.9. The summed E-state index contributed by atoms with van der Waals surface area (Å²) in [6, 6.07) is 10.8. The lowest BCUT2D eigenvalue weighted by atomic mass is 10.1. The highest BCUT2D eigenvalue weighted by Crippen LogP contribution is 2.32. The zero-order valence-corrected chi connectivity index (χ0v) is 13.5. The van der Waals surface area contributed by atoms with E-state index in [2.05, 4.69) is 0 Å². The lowest BCUT2D eigenvalue weighted by Gasteiger charge is -2.20. The molecule has 3 amide bonds. The van der Waals surface area contributed by atoms with Crippen LogP contribution in [0, 0.1) is 10.1 Å². The predicted octanol–water partition coefficient (Wildman–Crippen LogP) is 1.78. The lowest BCUT2D eigenvalue weighted by Crippen LogP contribution is -2.42. The van der Waals surface area contributed by atoms with Crippen molar-refractivity contribution in [1.82, 2.24) is 4.90 Å². The predicted molar refractivity (Wildman–Crippen MR) is 91.0 cm³/mol. The summed E-state index contributed by atoms with van der Waals surface area (Å²) in [7, 11) is 0. The Balaban J connectivity index is 1.56. The van der Waals surface area contributed by atoms with Gasteiger partial charge < -0.3 is 4.90 Å². The van der Waals surface area contributed by atoms with Gasteiger partial charge in [-0.05, 0) is 30.2 Å². The van der Waals surface area contributed by atoms with Gasteiger partial charge in [-0.25, -0.2) is 0 Å². The number of imide groups is 1. The molecule has 2 aromatic rings. The van der Waals surface area contributed by atoms with E-state index in [1.807, 2.05) is 0 Å². The van der Waals surface area contributed by atoms with E-state index in [9.17, 15) is 24.5 Å². The fraction of sp³-hybridized carbons (Fsp3) is 0.167. The van der Waals surface area contributed by atoms with Gasteiger partial charge in [0.25, 0.3) is 17.5 Å². The fourth-order valence-electron chi connectivity index (χ4n) is 3.36. The minimum absolute atomic E-state index is 0.0293. The topological polar surface area (TPSA) is 101 Å². The van der Waals surface area contributed by atoms with E-state index in [-0.39, 0.29) is 12.2 Å². The van der Waals surface area contributed by atoms with Crippen LogP contribution in [0.5, 0.6) is 0 Å². The first-order valence-corrected chi connectivity index (χ1v) is 8.00. The molecule has 0 saturated carbocycles. The van der Waals surface area contributed by atoms with Gasteiger partial charge in [0.05, 0.1) is 16.1 Å². The Hall–Kier alpha value is -3.55. The zero-order valence-electron chi connectivity index (χ0n) is 13.5. The first-order chi connectivity index (χ1) is 12.5. The van der Waals surface area contributed by atoms with Crippen LogP contribution >= 0.6 is 0 Å². The van der Waals surface area contributed by atoms with Crippen molar-refractivity contribution >= 4 is 29.1 Å². The number of hydrogen-bond acceptors (Lipinski definition) is 5. The maximum Gasteiger partial charge on any atom is 0.269 e. The third kappa shape index (κ3) is 2.34. The van der Waals surface area contributed by atoms with Gasteiger partial charge in [0.15, 0.2) is 0 Å². The summed E-state index contributed by atoms with van der Waals surface area (Å²) in [5, 5.41) is 10.9. The van der Waals surface area contributed by atoms with Gasteiger partial charge in [-0.1, -0.05) is 12.1 Å². The summed E-state index contributed by atoms with van der Waals surface area (Å²) in [5.41, 5.74) is 1.84. The molecular formula is C18H13N3O5. The number of nitrogens with zero attached hydrogens (tertiary/aromatic N) is 3. The molecule has 2 aliphatic heterocycles. The van der Waals surface area contributed by atoms with Crippen molar-refractivity contribution in [3.05, 3.63) is 69.3 Å². The van der Waals surface area contributed by atoms with Gasteiger partial charge in [-0.2, -0.15) is 0 Å². The minimum Gasteiger partial charge on any atom is -0.310 e. The molecule has 0 bridgehead atoms. The summed E-state index contributed by atoms with van der Waals surface area (Å²) < 4.78 is 0. The molecule has 2 heterocycles. The Bertz CT molecular complexity index is 950. The quantitative estimate of drug-likeness (QED) is 0.477. The normalized spacial score (nSPS) is 15.2. The number of amides is 3. The van der Waals surface area contributed by atoms with Gasteiger partial charge in [0.1, 0.15) is 6.54 Å². The molecule has 0 aromatic heterocycles. The van der Waals surface area contributed by atoms with Gasteiger partial charge in [-0.15, -0.1) is 0 Å². The van der Waals surface area contributed by atoms with Gasteiger partial charge >= 0.3 is 0 Å². The average Bonchev–Trinajstić information content (AvgIpc) is 3.16. The highest BCUT2D eigenvalue weighted by molar-refractivity contribution is 6.22. The van der Waals surface area contributed by atoms with E-state index in [4.69, 9.17) is 0 Å². The van der Waals surface area contributed by atoms with Crippen LogP contribution in [0.4, 0.5) is 11.4 Å². The van der Waals surface area contributed by atoms with E-state index in [0.29, 0.717) is 35.3 Å². The number of benzene rings is 2. The van der Waals surface area contributed by atoms with Crippen molar-refractivity contribution in [1.29, 1.82) is 0 Å². The molecule has 130 valence electrons. The van der Waals surface area contributed by atoms with E-state index in [0.717, 1.165) is 4.90 Å². The second kappa shape index (κ2) is 5.76. The van der Waals surface area contributed by atoms with Crippen LogP contribution in [0.2, 0.25) is 0 Å². The van der Waals surface area contributed by atoms with Crippen LogP contribution in [0.1, 0.15) is 26.3 Å². The van der Waals surface area contributed by atoms with E-state index in [1.54, 1.807) is 24.3 Å². The molecule has 2 aliphatic rings. The number of carbonyl (C=O) groups is 3. The van der Waals surface area contributed by atoms with Crippen LogP contribution in [-0.2, 0) is 11.2 Å². The standard InChI is InChI=1S/C18H13N3O5/c22-16(10-20-17(23)13-3-1-2-4-14(13)18(20)24)19-8-7-11-9-12(21(25)26)5-6-15(11)19/h1-6,9H,7-8,10H2. The van der Waals surface area contributed by atoms with Crippen molar-refractivity contribution < 1.29 is 19.3 Å². The molecule has 26 heavy (non-hydrogen) atoms. The van der Waals surface area contributed by atoms with Crippen LogP contribution in [-0.4, -0.2) is 40.6 Å².